The predicted molar refractivity (Wildman–Crippen MR) is 124 cm³/mol. The highest BCUT2D eigenvalue weighted by molar-refractivity contribution is 6.39. The first kappa shape index (κ1) is 23.6. The molecule has 0 fully saturated rings. The largest absolute Gasteiger partial charge is 0.382 e. The molecule has 1 aromatic carbocycles. The Labute approximate surface area is 196 Å². The predicted octanol–water partition coefficient (Wildman–Crippen LogP) is 2.88. The molecular formula is C20H16Cl2FN9O. The third-order valence-corrected chi connectivity index (χ3v) is 4.97. The van der Waals surface area contributed by atoms with Gasteiger partial charge in [-0.05, 0) is 12.1 Å². The fraction of sp³-hybridized carbons (Fsp3) is 0.100. The SMILES string of the molecule is CCc1nc2c(Cl)ccc(Cl)c2c(=O)n1-c1cncc(F)c1.N#Cc1c(N)nc(N)nc1N. The van der Waals surface area contributed by atoms with Gasteiger partial charge in [-0.25, -0.2) is 9.37 Å². The van der Waals surface area contributed by atoms with E-state index in [2.05, 4.69) is 19.9 Å². The van der Waals surface area contributed by atoms with Gasteiger partial charge in [0.25, 0.3) is 5.56 Å². The van der Waals surface area contributed by atoms with Gasteiger partial charge in [0.1, 0.15) is 34.9 Å². The van der Waals surface area contributed by atoms with Crippen molar-refractivity contribution in [3.63, 3.8) is 0 Å². The number of aromatic nitrogens is 5. The second-order valence-electron chi connectivity index (χ2n) is 6.48. The van der Waals surface area contributed by atoms with Gasteiger partial charge in [-0.3, -0.25) is 14.3 Å². The molecule has 33 heavy (non-hydrogen) atoms. The molecule has 168 valence electrons. The summed E-state index contributed by atoms with van der Waals surface area (Å²) in [4.78, 5) is 28.1. The van der Waals surface area contributed by atoms with Crippen LogP contribution in [0.25, 0.3) is 16.6 Å². The molecule has 4 aromatic rings. The molecule has 4 rings (SSSR count). The zero-order valence-electron chi connectivity index (χ0n) is 17.1. The van der Waals surface area contributed by atoms with Crippen LogP contribution in [0.4, 0.5) is 22.0 Å². The number of hydrogen-bond acceptors (Lipinski definition) is 9. The minimum absolute atomic E-state index is 0.0116. The van der Waals surface area contributed by atoms with Gasteiger partial charge in [0.05, 0.1) is 39.0 Å². The van der Waals surface area contributed by atoms with Gasteiger partial charge in [0, 0.05) is 12.5 Å². The summed E-state index contributed by atoms with van der Waals surface area (Å²) in [6.45, 7) is 1.84. The van der Waals surface area contributed by atoms with Crippen LogP contribution in [0.1, 0.15) is 18.3 Å². The monoisotopic (exact) mass is 487 g/mol. The van der Waals surface area contributed by atoms with Gasteiger partial charge in [0.15, 0.2) is 0 Å². The summed E-state index contributed by atoms with van der Waals surface area (Å²) in [7, 11) is 0. The number of benzene rings is 1. The van der Waals surface area contributed by atoms with E-state index in [1.807, 2.05) is 6.92 Å². The molecule has 0 unspecified atom stereocenters. The lowest BCUT2D eigenvalue weighted by molar-refractivity contribution is 0.618. The summed E-state index contributed by atoms with van der Waals surface area (Å²) in [5, 5.41) is 9.25. The Kier molecular flexibility index (Phi) is 6.91. The van der Waals surface area contributed by atoms with Crippen LogP contribution in [0.15, 0.2) is 35.4 Å². The van der Waals surface area contributed by atoms with Crippen LogP contribution in [0.5, 0.6) is 0 Å². The molecule has 0 aliphatic rings. The number of nitriles is 1. The van der Waals surface area contributed by atoms with Gasteiger partial charge in [-0.2, -0.15) is 15.2 Å². The summed E-state index contributed by atoms with van der Waals surface area (Å²) in [5.74, 6) is -0.0909. The Morgan fingerprint density at radius 2 is 1.73 bits per heavy atom. The summed E-state index contributed by atoms with van der Waals surface area (Å²) < 4.78 is 14.7. The molecule has 0 aliphatic heterocycles. The molecule has 0 spiro atoms. The molecule has 0 radical (unpaired) electrons. The Morgan fingerprint density at radius 1 is 1.09 bits per heavy atom. The van der Waals surface area contributed by atoms with Crippen LogP contribution in [-0.4, -0.2) is 24.5 Å². The number of pyridine rings is 1. The Hall–Kier alpha value is -4.01. The maximum absolute atomic E-state index is 13.4. The molecule has 6 N–H and O–H groups in total. The number of rotatable bonds is 2. The average molecular weight is 488 g/mol. The van der Waals surface area contributed by atoms with Crippen molar-refractivity contribution in [2.75, 3.05) is 17.2 Å². The number of anilines is 3. The Morgan fingerprint density at radius 3 is 2.30 bits per heavy atom. The first-order valence-electron chi connectivity index (χ1n) is 9.27. The van der Waals surface area contributed by atoms with E-state index in [4.69, 9.17) is 45.7 Å². The minimum Gasteiger partial charge on any atom is -0.382 e. The van der Waals surface area contributed by atoms with E-state index in [-0.39, 0.29) is 33.6 Å². The standard InChI is InChI=1S/C15H10Cl2FN3O.C5H6N6/c1-2-12-20-14-11(17)4-3-10(16)13(14)15(22)21(12)9-5-8(18)6-19-7-9;6-1-2-3(7)10-5(9)11-4(2)8/h3-7H,2H2,1H3;(H6,7,8,9,10,11). The summed E-state index contributed by atoms with van der Waals surface area (Å²) in [6.07, 6.45) is 2.93. The van der Waals surface area contributed by atoms with Crippen LogP contribution in [0.2, 0.25) is 10.0 Å². The smallest absolute Gasteiger partial charge is 0.267 e. The zero-order chi connectivity index (χ0) is 24.3. The van der Waals surface area contributed by atoms with E-state index >= 15 is 0 Å². The molecule has 0 atom stereocenters. The van der Waals surface area contributed by atoms with Crippen molar-refractivity contribution in [1.29, 1.82) is 5.26 Å². The highest BCUT2D eigenvalue weighted by atomic mass is 35.5. The fourth-order valence-electron chi connectivity index (χ4n) is 2.92. The normalized spacial score (nSPS) is 10.4. The number of fused-ring (bicyclic) bond motifs is 1. The molecule has 3 heterocycles. The topological polar surface area (TPSA) is 175 Å². The number of aryl methyl sites for hydroxylation is 1. The van der Waals surface area contributed by atoms with E-state index in [1.165, 1.54) is 22.9 Å². The number of nitrogen functional groups attached to an aromatic ring is 3. The van der Waals surface area contributed by atoms with Gasteiger partial charge < -0.3 is 17.2 Å². The van der Waals surface area contributed by atoms with Crippen molar-refractivity contribution >= 4 is 51.7 Å². The fourth-order valence-corrected chi connectivity index (χ4v) is 3.35. The number of halogens is 3. The molecule has 0 aliphatic carbocycles. The van der Waals surface area contributed by atoms with Gasteiger partial charge >= 0.3 is 0 Å². The summed E-state index contributed by atoms with van der Waals surface area (Å²) in [6, 6.07) is 6.11. The summed E-state index contributed by atoms with van der Waals surface area (Å²) in [5.41, 5.74) is 16.1. The quantitative estimate of drug-likeness (QED) is 0.383. The van der Waals surface area contributed by atoms with Crippen molar-refractivity contribution in [3.8, 4) is 11.8 Å². The van der Waals surface area contributed by atoms with Crippen molar-refractivity contribution in [1.82, 2.24) is 24.5 Å². The molecule has 0 saturated heterocycles. The second-order valence-corrected chi connectivity index (χ2v) is 7.29. The van der Waals surface area contributed by atoms with E-state index in [0.717, 1.165) is 6.20 Å². The lowest BCUT2D eigenvalue weighted by Gasteiger charge is -2.13. The van der Waals surface area contributed by atoms with Crippen LogP contribution < -0.4 is 22.8 Å². The van der Waals surface area contributed by atoms with E-state index in [1.54, 1.807) is 12.1 Å². The van der Waals surface area contributed by atoms with Gasteiger partial charge in [0.2, 0.25) is 5.95 Å². The molecular weight excluding hydrogens is 472 g/mol. The third kappa shape index (κ3) is 4.77. The number of nitrogens with two attached hydrogens (primary N) is 3. The highest BCUT2D eigenvalue weighted by Crippen LogP contribution is 2.27. The van der Waals surface area contributed by atoms with Crippen molar-refractivity contribution in [2.45, 2.75) is 13.3 Å². The number of nitrogens with zero attached hydrogens (tertiary/aromatic N) is 6. The summed E-state index contributed by atoms with van der Waals surface area (Å²) >= 11 is 12.2. The van der Waals surface area contributed by atoms with E-state index < -0.39 is 11.4 Å². The maximum atomic E-state index is 13.4. The third-order valence-electron chi connectivity index (χ3n) is 4.35. The van der Waals surface area contributed by atoms with Crippen LogP contribution in [0.3, 0.4) is 0 Å². The van der Waals surface area contributed by atoms with Crippen molar-refractivity contribution < 1.29 is 4.39 Å². The van der Waals surface area contributed by atoms with Crippen molar-refractivity contribution in [2.24, 2.45) is 0 Å². The lowest BCUT2D eigenvalue weighted by Crippen LogP contribution is -2.24. The van der Waals surface area contributed by atoms with Gasteiger partial charge in [-0.15, -0.1) is 0 Å². The molecule has 10 nitrogen and oxygen atoms in total. The van der Waals surface area contributed by atoms with Crippen molar-refractivity contribution in [3.05, 3.63) is 68.2 Å². The van der Waals surface area contributed by atoms with Crippen LogP contribution in [0, 0.1) is 17.1 Å². The minimum atomic E-state index is -0.538. The first-order valence-corrected chi connectivity index (χ1v) is 10.0. The molecule has 0 bridgehead atoms. The van der Waals surface area contributed by atoms with E-state index in [0.29, 0.717) is 28.5 Å². The zero-order valence-corrected chi connectivity index (χ0v) is 18.6. The highest BCUT2D eigenvalue weighted by Gasteiger charge is 2.16. The Bertz CT molecular complexity index is 1440. The van der Waals surface area contributed by atoms with Crippen LogP contribution in [-0.2, 0) is 6.42 Å². The molecule has 0 amide bonds. The first-order chi connectivity index (χ1) is 15.7. The molecule has 3 aromatic heterocycles. The Balaban J connectivity index is 0.000000235. The van der Waals surface area contributed by atoms with Crippen LogP contribution >= 0.6 is 23.2 Å². The average Bonchev–Trinajstić information content (AvgIpc) is 2.76. The molecule has 13 heteroatoms. The van der Waals surface area contributed by atoms with Gasteiger partial charge in [-0.1, -0.05) is 30.1 Å². The maximum Gasteiger partial charge on any atom is 0.267 e. The lowest BCUT2D eigenvalue weighted by atomic mass is 10.2. The molecule has 0 saturated carbocycles. The van der Waals surface area contributed by atoms with E-state index in [9.17, 15) is 9.18 Å². The number of hydrogen-bond donors (Lipinski definition) is 3. The second kappa shape index (κ2) is 9.64.